The lowest BCUT2D eigenvalue weighted by molar-refractivity contribution is 0.783. The predicted octanol–water partition coefficient (Wildman–Crippen LogP) is 10.9. The zero-order valence-electron chi connectivity index (χ0n) is 22.2. The third-order valence-electron chi connectivity index (χ3n) is 8.56. The molecule has 0 amide bonds. The highest BCUT2D eigenvalue weighted by Crippen LogP contribution is 2.45. The minimum absolute atomic E-state index is 0.506. The van der Waals surface area contributed by atoms with Crippen molar-refractivity contribution < 1.29 is 0 Å². The van der Waals surface area contributed by atoms with Crippen LogP contribution in [0.15, 0.2) is 157 Å². The number of fused-ring (bicyclic) bond motifs is 4. The lowest BCUT2D eigenvalue weighted by atomic mass is 9.82. The Balaban J connectivity index is 1.38. The SMILES string of the molecule is C1=CC2=CC(c3cccc(-c4c5ccccc5c(-c5cccc6ccccc56)c5ccccc45)c3)=CCC2C=C1. The van der Waals surface area contributed by atoms with Crippen LogP contribution in [-0.2, 0) is 0 Å². The van der Waals surface area contributed by atoms with Crippen molar-refractivity contribution in [3.05, 3.63) is 163 Å². The summed E-state index contributed by atoms with van der Waals surface area (Å²) in [4.78, 5) is 0. The highest BCUT2D eigenvalue weighted by Gasteiger charge is 2.19. The molecule has 0 heterocycles. The molecule has 0 bridgehead atoms. The summed E-state index contributed by atoms with van der Waals surface area (Å²) in [5.74, 6) is 0.506. The van der Waals surface area contributed by atoms with Gasteiger partial charge < -0.3 is 0 Å². The van der Waals surface area contributed by atoms with Gasteiger partial charge in [-0.25, -0.2) is 0 Å². The van der Waals surface area contributed by atoms with E-state index in [0.29, 0.717) is 5.92 Å². The van der Waals surface area contributed by atoms with E-state index in [9.17, 15) is 0 Å². The number of allylic oxidation sites excluding steroid dienone is 8. The summed E-state index contributed by atoms with van der Waals surface area (Å²) < 4.78 is 0. The van der Waals surface area contributed by atoms with Crippen LogP contribution in [0.5, 0.6) is 0 Å². The Labute approximate surface area is 234 Å². The van der Waals surface area contributed by atoms with Crippen molar-refractivity contribution in [3.8, 4) is 22.3 Å². The van der Waals surface area contributed by atoms with Crippen LogP contribution in [0.2, 0.25) is 0 Å². The summed E-state index contributed by atoms with van der Waals surface area (Å²) in [5.41, 5.74) is 9.15. The van der Waals surface area contributed by atoms with Gasteiger partial charge in [-0.3, -0.25) is 0 Å². The molecule has 6 aromatic rings. The van der Waals surface area contributed by atoms with Gasteiger partial charge in [-0.2, -0.15) is 0 Å². The number of hydrogen-bond donors (Lipinski definition) is 0. The van der Waals surface area contributed by atoms with Crippen molar-refractivity contribution in [1.82, 2.24) is 0 Å². The van der Waals surface area contributed by atoms with Crippen LogP contribution in [0.3, 0.4) is 0 Å². The first-order chi connectivity index (χ1) is 19.8. The Morgan fingerprint density at radius 2 is 1.15 bits per heavy atom. The van der Waals surface area contributed by atoms with Crippen molar-refractivity contribution >= 4 is 37.9 Å². The molecule has 6 aromatic carbocycles. The van der Waals surface area contributed by atoms with E-state index >= 15 is 0 Å². The standard InChI is InChI=1S/C40H28/c1-2-13-29-25-31(24-23-27(29)11-1)30-15-9-16-32(26-30)39-35-18-5-7-20-37(35)40(38-21-8-6-19-36(38)39)34-22-10-14-28-12-3-4-17-33(28)34/h1-22,24-27H,23H2. The van der Waals surface area contributed by atoms with Gasteiger partial charge in [-0.1, -0.05) is 146 Å². The van der Waals surface area contributed by atoms with E-state index in [0.717, 1.165) is 6.42 Å². The molecule has 0 heteroatoms. The van der Waals surface area contributed by atoms with E-state index in [-0.39, 0.29) is 0 Å². The normalized spacial score (nSPS) is 16.2. The van der Waals surface area contributed by atoms with Gasteiger partial charge in [0.1, 0.15) is 0 Å². The summed E-state index contributed by atoms with van der Waals surface area (Å²) in [5, 5.41) is 7.72. The van der Waals surface area contributed by atoms with Crippen molar-refractivity contribution in [2.75, 3.05) is 0 Å². The van der Waals surface area contributed by atoms with E-state index in [1.165, 1.54) is 71.3 Å². The molecule has 0 fully saturated rings. The Kier molecular flexibility index (Phi) is 5.38. The number of rotatable bonds is 3. The minimum atomic E-state index is 0.506. The van der Waals surface area contributed by atoms with Crippen LogP contribution in [0.4, 0.5) is 0 Å². The minimum Gasteiger partial charge on any atom is -0.0767 e. The summed E-state index contributed by atoms with van der Waals surface area (Å²) in [7, 11) is 0. The fraction of sp³-hybridized carbons (Fsp3) is 0.0500. The summed E-state index contributed by atoms with van der Waals surface area (Å²) in [6.07, 6.45) is 14.7. The molecular formula is C40H28. The Bertz CT molecular complexity index is 2020. The molecule has 0 aliphatic heterocycles. The van der Waals surface area contributed by atoms with Gasteiger partial charge >= 0.3 is 0 Å². The lowest BCUT2D eigenvalue weighted by Gasteiger charge is -2.22. The molecule has 0 radical (unpaired) electrons. The predicted molar refractivity (Wildman–Crippen MR) is 172 cm³/mol. The summed E-state index contributed by atoms with van der Waals surface area (Å²) in [6, 6.07) is 42.4. The average Bonchev–Trinajstić information content (AvgIpc) is 3.03. The largest absolute Gasteiger partial charge is 0.0767 e. The zero-order valence-corrected chi connectivity index (χ0v) is 22.2. The third-order valence-corrected chi connectivity index (χ3v) is 8.56. The Morgan fingerprint density at radius 1 is 0.525 bits per heavy atom. The second-order valence-electron chi connectivity index (χ2n) is 10.8. The first-order valence-electron chi connectivity index (χ1n) is 14.1. The third kappa shape index (κ3) is 3.68. The van der Waals surface area contributed by atoms with E-state index in [2.05, 4.69) is 152 Å². The van der Waals surface area contributed by atoms with Crippen LogP contribution >= 0.6 is 0 Å². The Morgan fingerprint density at radius 3 is 1.93 bits per heavy atom. The first kappa shape index (κ1) is 23.0. The van der Waals surface area contributed by atoms with E-state index < -0.39 is 0 Å². The molecule has 188 valence electrons. The molecule has 0 aromatic heterocycles. The van der Waals surface area contributed by atoms with Crippen LogP contribution in [-0.4, -0.2) is 0 Å². The average molecular weight is 509 g/mol. The topological polar surface area (TPSA) is 0 Å². The van der Waals surface area contributed by atoms with Crippen LogP contribution in [0.1, 0.15) is 12.0 Å². The fourth-order valence-corrected chi connectivity index (χ4v) is 6.69. The molecule has 40 heavy (non-hydrogen) atoms. The van der Waals surface area contributed by atoms with E-state index in [4.69, 9.17) is 0 Å². The quantitative estimate of drug-likeness (QED) is 0.209. The highest BCUT2D eigenvalue weighted by molar-refractivity contribution is 6.23. The maximum Gasteiger partial charge on any atom is 0.00561 e. The Hall–Kier alpha value is -4.94. The second kappa shape index (κ2) is 9.36. The molecule has 0 nitrogen and oxygen atoms in total. The zero-order chi connectivity index (χ0) is 26.5. The number of hydrogen-bond acceptors (Lipinski definition) is 0. The molecule has 8 rings (SSSR count). The maximum atomic E-state index is 2.40. The summed E-state index contributed by atoms with van der Waals surface area (Å²) in [6.45, 7) is 0. The van der Waals surface area contributed by atoms with Crippen LogP contribution in [0.25, 0.3) is 60.1 Å². The van der Waals surface area contributed by atoms with Crippen LogP contribution < -0.4 is 0 Å². The van der Waals surface area contributed by atoms with Crippen molar-refractivity contribution in [2.45, 2.75) is 6.42 Å². The molecule has 0 saturated heterocycles. The van der Waals surface area contributed by atoms with Crippen molar-refractivity contribution in [2.24, 2.45) is 5.92 Å². The van der Waals surface area contributed by atoms with Crippen LogP contribution in [0, 0.1) is 5.92 Å². The lowest BCUT2D eigenvalue weighted by Crippen LogP contribution is -2.05. The van der Waals surface area contributed by atoms with E-state index in [1.807, 2.05) is 0 Å². The van der Waals surface area contributed by atoms with E-state index in [1.54, 1.807) is 0 Å². The molecule has 0 N–H and O–H groups in total. The monoisotopic (exact) mass is 508 g/mol. The molecule has 1 atom stereocenters. The van der Waals surface area contributed by atoms with Gasteiger partial charge in [-0.05, 0) is 83.8 Å². The first-order valence-corrected chi connectivity index (χ1v) is 14.1. The molecular weight excluding hydrogens is 480 g/mol. The molecule has 2 aliphatic rings. The number of benzene rings is 6. The van der Waals surface area contributed by atoms with Gasteiger partial charge in [0.05, 0.1) is 0 Å². The molecule has 0 saturated carbocycles. The highest BCUT2D eigenvalue weighted by atomic mass is 14.2. The summed E-state index contributed by atoms with van der Waals surface area (Å²) >= 11 is 0. The molecule has 2 aliphatic carbocycles. The van der Waals surface area contributed by atoms with Gasteiger partial charge in [0.25, 0.3) is 0 Å². The maximum absolute atomic E-state index is 2.40. The van der Waals surface area contributed by atoms with Gasteiger partial charge in [0.15, 0.2) is 0 Å². The van der Waals surface area contributed by atoms with Crippen molar-refractivity contribution in [3.63, 3.8) is 0 Å². The molecule has 0 spiro atoms. The smallest absolute Gasteiger partial charge is 0.00561 e. The fourth-order valence-electron chi connectivity index (χ4n) is 6.69. The van der Waals surface area contributed by atoms with Gasteiger partial charge in [0.2, 0.25) is 0 Å². The second-order valence-corrected chi connectivity index (χ2v) is 10.8. The van der Waals surface area contributed by atoms with Gasteiger partial charge in [0, 0.05) is 5.92 Å². The molecule has 1 unspecified atom stereocenters. The van der Waals surface area contributed by atoms with Gasteiger partial charge in [-0.15, -0.1) is 0 Å². The van der Waals surface area contributed by atoms with Crippen molar-refractivity contribution in [1.29, 1.82) is 0 Å².